The van der Waals surface area contributed by atoms with Crippen LogP contribution < -0.4 is 16.1 Å². The maximum Gasteiger partial charge on any atom is 0.410 e. The van der Waals surface area contributed by atoms with E-state index in [-0.39, 0.29) is 29.5 Å². The number of halogens is 1. The van der Waals surface area contributed by atoms with Crippen molar-refractivity contribution >= 4 is 29.5 Å². The summed E-state index contributed by atoms with van der Waals surface area (Å²) in [6, 6.07) is 7.01. The van der Waals surface area contributed by atoms with Gasteiger partial charge in [0.15, 0.2) is 0 Å². The van der Waals surface area contributed by atoms with Crippen molar-refractivity contribution in [1.29, 1.82) is 0 Å². The van der Waals surface area contributed by atoms with Crippen LogP contribution in [0.3, 0.4) is 0 Å². The number of benzene rings is 1. The summed E-state index contributed by atoms with van der Waals surface area (Å²) >= 11 is 6.14. The highest BCUT2D eigenvalue weighted by Crippen LogP contribution is 2.46. The number of carbonyl (C=O) groups excluding carboxylic acids is 3. The van der Waals surface area contributed by atoms with Crippen LogP contribution in [0.2, 0.25) is 5.02 Å². The SMILES string of the molecule is CC(C)(C)NC(=O)C1(C2CCCCC2)CCN(NC(=O)C(Cc2ccc(Cl)cc2)NC[C@H]2CCCN2C(=O)OC(C)(C)C)CC1. The molecule has 1 aromatic carbocycles. The van der Waals surface area contributed by atoms with E-state index in [1.165, 1.54) is 19.3 Å². The Morgan fingerprint density at radius 3 is 2.18 bits per heavy atom. The van der Waals surface area contributed by atoms with Crippen LogP contribution in [-0.2, 0) is 20.7 Å². The smallest absolute Gasteiger partial charge is 0.410 e. The molecule has 0 bridgehead atoms. The van der Waals surface area contributed by atoms with E-state index in [0.717, 1.165) is 44.1 Å². The summed E-state index contributed by atoms with van der Waals surface area (Å²) in [5.41, 5.74) is 2.93. The molecule has 1 aromatic rings. The molecule has 0 spiro atoms. The Balaban J connectivity index is 1.42. The first-order valence-corrected chi connectivity index (χ1v) is 17.4. The minimum absolute atomic E-state index is 0.0483. The van der Waals surface area contributed by atoms with E-state index in [1.54, 1.807) is 4.90 Å². The first-order valence-electron chi connectivity index (χ1n) is 17.0. The number of nitrogens with zero attached hydrogens (tertiary/aromatic N) is 2. The van der Waals surface area contributed by atoms with Crippen molar-refractivity contribution in [3.63, 3.8) is 0 Å². The molecule has 3 amide bonds. The van der Waals surface area contributed by atoms with E-state index in [4.69, 9.17) is 16.3 Å². The highest BCUT2D eigenvalue weighted by Gasteiger charge is 2.48. The third-order valence-corrected chi connectivity index (χ3v) is 9.78. The van der Waals surface area contributed by atoms with Gasteiger partial charge in [-0.05, 0) is 110 Å². The zero-order valence-electron chi connectivity index (χ0n) is 28.3. The average molecular weight is 646 g/mol. The van der Waals surface area contributed by atoms with Gasteiger partial charge in [0.1, 0.15) is 5.60 Å². The molecule has 1 saturated carbocycles. The van der Waals surface area contributed by atoms with Gasteiger partial charge in [0.05, 0.1) is 11.5 Å². The van der Waals surface area contributed by atoms with Gasteiger partial charge in [-0.1, -0.05) is 43.0 Å². The molecule has 3 N–H and O–H groups in total. The number of amides is 3. The monoisotopic (exact) mass is 645 g/mol. The molecule has 3 aliphatic rings. The van der Waals surface area contributed by atoms with Crippen molar-refractivity contribution in [2.75, 3.05) is 26.2 Å². The molecule has 1 unspecified atom stereocenters. The summed E-state index contributed by atoms with van der Waals surface area (Å²) in [7, 11) is 0. The summed E-state index contributed by atoms with van der Waals surface area (Å²) in [6.45, 7) is 14.1. The molecule has 252 valence electrons. The van der Waals surface area contributed by atoms with Crippen molar-refractivity contribution in [2.24, 2.45) is 11.3 Å². The summed E-state index contributed by atoms with van der Waals surface area (Å²) in [4.78, 5) is 42.3. The largest absolute Gasteiger partial charge is 0.444 e. The number of hydrazine groups is 1. The number of nitrogens with one attached hydrogen (secondary N) is 3. The number of carbonyl (C=O) groups is 3. The average Bonchev–Trinajstić information content (AvgIpc) is 3.44. The third-order valence-electron chi connectivity index (χ3n) is 9.53. The third kappa shape index (κ3) is 10.1. The molecular weight excluding hydrogens is 590 g/mol. The van der Waals surface area contributed by atoms with Crippen molar-refractivity contribution in [2.45, 2.75) is 129 Å². The molecule has 2 atom stereocenters. The van der Waals surface area contributed by atoms with Gasteiger partial charge in [-0.25, -0.2) is 9.80 Å². The summed E-state index contributed by atoms with van der Waals surface area (Å²) in [6.07, 6.45) is 9.17. The molecule has 1 aliphatic carbocycles. The van der Waals surface area contributed by atoms with Crippen molar-refractivity contribution in [3.8, 4) is 0 Å². The van der Waals surface area contributed by atoms with E-state index < -0.39 is 17.1 Å². The van der Waals surface area contributed by atoms with Gasteiger partial charge < -0.3 is 20.3 Å². The Morgan fingerprint density at radius 1 is 0.933 bits per heavy atom. The van der Waals surface area contributed by atoms with Gasteiger partial charge in [-0.15, -0.1) is 0 Å². The van der Waals surface area contributed by atoms with E-state index >= 15 is 0 Å². The molecule has 0 aromatic heterocycles. The topological polar surface area (TPSA) is 103 Å². The van der Waals surface area contributed by atoms with Crippen LogP contribution in [0.25, 0.3) is 0 Å². The van der Waals surface area contributed by atoms with Gasteiger partial charge in [-0.2, -0.15) is 0 Å². The van der Waals surface area contributed by atoms with Gasteiger partial charge >= 0.3 is 6.09 Å². The number of ether oxygens (including phenoxy) is 1. The van der Waals surface area contributed by atoms with Crippen LogP contribution in [-0.4, -0.2) is 77.2 Å². The van der Waals surface area contributed by atoms with E-state index in [9.17, 15) is 14.4 Å². The molecule has 2 saturated heterocycles. The molecule has 45 heavy (non-hydrogen) atoms. The van der Waals surface area contributed by atoms with E-state index in [2.05, 4.69) is 16.1 Å². The van der Waals surface area contributed by atoms with Crippen molar-refractivity contribution in [3.05, 3.63) is 34.9 Å². The van der Waals surface area contributed by atoms with Gasteiger partial charge in [0.25, 0.3) is 5.91 Å². The molecule has 2 heterocycles. The summed E-state index contributed by atoms with van der Waals surface area (Å²) in [5, 5.41) is 9.43. The maximum absolute atomic E-state index is 13.8. The van der Waals surface area contributed by atoms with Gasteiger partial charge in [-0.3, -0.25) is 15.0 Å². The lowest BCUT2D eigenvalue weighted by Crippen LogP contribution is -2.60. The Bertz CT molecular complexity index is 1150. The van der Waals surface area contributed by atoms with Crippen LogP contribution in [0, 0.1) is 11.3 Å². The van der Waals surface area contributed by atoms with Crippen LogP contribution in [0.1, 0.15) is 105 Å². The van der Waals surface area contributed by atoms with Crippen molar-refractivity contribution < 1.29 is 19.1 Å². The zero-order chi connectivity index (χ0) is 32.8. The molecule has 9 nitrogen and oxygen atoms in total. The Hall–Kier alpha value is -2.36. The molecule has 0 radical (unpaired) electrons. The number of hydrogen-bond acceptors (Lipinski definition) is 6. The minimum atomic E-state index is -0.564. The molecule has 3 fully saturated rings. The lowest BCUT2D eigenvalue weighted by atomic mass is 9.63. The van der Waals surface area contributed by atoms with Gasteiger partial charge in [0.2, 0.25) is 5.91 Å². The highest BCUT2D eigenvalue weighted by atomic mass is 35.5. The fourth-order valence-electron chi connectivity index (χ4n) is 7.19. The first-order chi connectivity index (χ1) is 21.1. The predicted octanol–water partition coefficient (Wildman–Crippen LogP) is 5.85. The Morgan fingerprint density at radius 2 is 1.58 bits per heavy atom. The Labute approximate surface area is 275 Å². The molecule has 4 rings (SSSR count). The first kappa shape index (κ1) is 35.5. The fourth-order valence-corrected chi connectivity index (χ4v) is 7.32. The lowest BCUT2D eigenvalue weighted by molar-refractivity contribution is -0.143. The van der Waals surface area contributed by atoms with Crippen molar-refractivity contribution in [1.82, 2.24) is 26.0 Å². The number of piperidine rings is 1. The second kappa shape index (κ2) is 15.0. The van der Waals surface area contributed by atoms with E-state index in [0.29, 0.717) is 43.5 Å². The van der Waals surface area contributed by atoms with Crippen LogP contribution in [0.4, 0.5) is 4.79 Å². The minimum Gasteiger partial charge on any atom is -0.444 e. The normalized spacial score (nSPS) is 22.1. The number of rotatable bonds is 9. The quantitative estimate of drug-likeness (QED) is 0.312. The van der Waals surface area contributed by atoms with Crippen LogP contribution >= 0.6 is 11.6 Å². The van der Waals surface area contributed by atoms with Crippen LogP contribution in [0.15, 0.2) is 24.3 Å². The number of hydrogen-bond donors (Lipinski definition) is 3. The fraction of sp³-hybridized carbons (Fsp3) is 0.743. The predicted molar refractivity (Wildman–Crippen MR) is 179 cm³/mol. The molecular formula is C35H56ClN5O4. The second-order valence-electron chi connectivity index (χ2n) is 15.4. The zero-order valence-corrected chi connectivity index (χ0v) is 29.1. The molecule has 10 heteroatoms. The summed E-state index contributed by atoms with van der Waals surface area (Å²) in [5.74, 6) is 0.433. The summed E-state index contributed by atoms with van der Waals surface area (Å²) < 4.78 is 5.65. The second-order valence-corrected chi connectivity index (χ2v) is 15.9. The lowest BCUT2D eigenvalue weighted by Gasteiger charge is -2.47. The standard InChI is InChI=1S/C35H56ClN5O4/c1-33(2,3)38-31(43)35(26-11-8-7-9-12-26)18-21-40(22-19-35)39-30(42)29(23-25-14-16-27(36)17-15-25)37-24-28-13-10-20-41(28)32(44)45-34(4,5)6/h14-17,26,28-29,37H,7-13,18-24H2,1-6H3,(H,38,43)(H,39,42)/t28-,29?/m1/s1. The van der Waals surface area contributed by atoms with E-state index in [1.807, 2.05) is 70.8 Å². The maximum atomic E-state index is 13.8. The Kier molecular flexibility index (Phi) is 11.9. The highest BCUT2D eigenvalue weighted by molar-refractivity contribution is 6.30. The van der Waals surface area contributed by atoms with Crippen LogP contribution in [0.5, 0.6) is 0 Å². The number of likely N-dealkylation sites (tertiary alicyclic amines) is 1. The molecule has 2 aliphatic heterocycles. The van der Waals surface area contributed by atoms with Gasteiger partial charge in [0, 0.05) is 42.8 Å².